The van der Waals surface area contributed by atoms with Gasteiger partial charge in [0, 0.05) is 33.5 Å². The fraction of sp³-hybridized carbons (Fsp3) is 0.0909. The highest BCUT2D eigenvalue weighted by Gasteiger charge is 2.23. The summed E-state index contributed by atoms with van der Waals surface area (Å²) in [6.45, 7) is 0. The van der Waals surface area contributed by atoms with E-state index in [1.807, 2.05) is 0 Å². The fourth-order valence-corrected chi connectivity index (χ4v) is 7.03. The van der Waals surface area contributed by atoms with Gasteiger partial charge in [-0.25, -0.2) is 0 Å². The minimum atomic E-state index is 0.212. The second-order valence-corrected chi connectivity index (χ2v) is 12.1. The lowest BCUT2D eigenvalue weighted by molar-refractivity contribution is 0.787. The number of fused-ring (bicyclic) bond motifs is 2. The molecule has 0 saturated heterocycles. The molecule has 0 heterocycles. The smallest absolute Gasteiger partial charge is 0.0560 e. The third kappa shape index (κ3) is 5.33. The number of rotatable bonds is 7. The first kappa shape index (κ1) is 27.9. The van der Waals surface area contributed by atoms with Crippen molar-refractivity contribution in [3.05, 3.63) is 188 Å². The Morgan fingerprint density at radius 1 is 0.457 bits per heavy atom. The largest absolute Gasteiger partial charge is 0.334 e. The van der Waals surface area contributed by atoms with Crippen LogP contribution in [0.15, 0.2) is 182 Å². The highest BCUT2D eigenvalue weighted by molar-refractivity contribution is 5.97. The second-order valence-electron chi connectivity index (χ2n) is 12.1. The molecule has 2 atom stereocenters. The summed E-state index contributed by atoms with van der Waals surface area (Å²) in [6.07, 6.45) is 17.9. The quantitative estimate of drug-likeness (QED) is 0.182. The number of nitrogens with zero attached hydrogens (tertiary/aromatic N) is 2. The van der Waals surface area contributed by atoms with E-state index in [0.717, 1.165) is 12.8 Å². The Morgan fingerprint density at radius 2 is 1.02 bits per heavy atom. The molecule has 0 fully saturated rings. The van der Waals surface area contributed by atoms with Crippen molar-refractivity contribution in [1.82, 2.24) is 0 Å². The highest BCUT2D eigenvalue weighted by Crippen LogP contribution is 2.39. The SMILES string of the molecule is C1=CCC(N(c2ccc(C3=CCC(N(c4ccccc4)c4cccc5ccccc45)C=C3)cc2)c2cccc3ccccc23)C=C1. The van der Waals surface area contributed by atoms with E-state index < -0.39 is 0 Å². The van der Waals surface area contributed by atoms with Crippen LogP contribution >= 0.6 is 0 Å². The van der Waals surface area contributed by atoms with Crippen molar-refractivity contribution in [1.29, 1.82) is 0 Å². The summed E-state index contributed by atoms with van der Waals surface area (Å²) < 4.78 is 0. The van der Waals surface area contributed by atoms with Crippen LogP contribution in [-0.2, 0) is 0 Å². The van der Waals surface area contributed by atoms with Crippen molar-refractivity contribution < 1.29 is 0 Å². The van der Waals surface area contributed by atoms with Gasteiger partial charge in [-0.1, -0.05) is 146 Å². The predicted octanol–water partition coefficient (Wildman–Crippen LogP) is 11.6. The summed E-state index contributed by atoms with van der Waals surface area (Å²) >= 11 is 0. The Bertz CT molecular complexity index is 2110. The third-order valence-electron chi connectivity index (χ3n) is 9.26. The molecule has 8 rings (SSSR count). The lowest BCUT2D eigenvalue weighted by Crippen LogP contribution is -2.30. The second kappa shape index (κ2) is 12.4. The van der Waals surface area contributed by atoms with E-state index in [-0.39, 0.29) is 12.1 Å². The zero-order valence-corrected chi connectivity index (χ0v) is 25.8. The number of anilines is 4. The third-order valence-corrected chi connectivity index (χ3v) is 9.26. The molecular formula is C44H36N2. The van der Waals surface area contributed by atoms with Gasteiger partial charge in [0.25, 0.3) is 0 Å². The van der Waals surface area contributed by atoms with Crippen LogP contribution in [0, 0.1) is 0 Å². The first-order valence-corrected chi connectivity index (χ1v) is 16.2. The van der Waals surface area contributed by atoms with E-state index in [9.17, 15) is 0 Å². The molecule has 2 aliphatic carbocycles. The Morgan fingerprint density at radius 3 is 1.61 bits per heavy atom. The van der Waals surface area contributed by atoms with Gasteiger partial charge in [-0.2, -0.15) is 0 Å². The molecule has 2 heteroatoms. The van der Waals surface area contributed by atoms with E-state index in [1.165, 1.54) is 55.4 Å². The molecular weight excluding hydrogens is 556 g/mol. The van der Waals surface area contributed by atoms with Gasteiger partial charge < -0.3 is 9.80 Å². The van der Waals surface area contributed by atoms with Crippen LogP contribution in [0.25, 0.3) is 27.1 Å². The van der Waals surface area contributed by atoms with Gasteiger partial charge >= 0.3 is 0 Å². The average molecular weight is 593 g/mol. The summed E-state index contributed by atoms with van der Waals surface area (Å²) in [5.74, 6) is 0. The normalized spacial score (nSPS) is 17.3. The van der Waals surface area contributed by atoms with Crippen molar-refractivity contribution in [2.45, 2.75) is 24.9 Å². The highest BCUT2D eigenvalue weighted by atomic mass is 15.2. The van der Waals surface area contributed by atoms with Gasteiger partial charge in [-0.15, -0.1) is 0 Å². The van der Waals surface area contributed by atoms with Gasteiger partial charge in [0.15, 0.2) is 0 Å². The van der Waals surface area contributed by atoms with Crippen LogP contribution in [0.4, 0.5) is 22.7 Å². The molecule has 0 aliphatic heterocycles. The van der Waals surface area contributed by atoms with Crippen LogP contribution in [0.2, 0.25) is 0 Å². The van der Waals surface area contributed by atoms with Gasteiger partial charge in [0.05, 0.1) is 12.1 Å². The summed E-state index contributed by atoms with van der Waals surface area (Å²) in [6, 6.07) is 51.0. The number of hydrogen-bond donors (Lipinski definition) is 0. The lowest BCUT2D eigenvalue weighted by Gasteiger charge is -2.34. The van der Waals surface area contributed by atoms with E-state index >= 15 is 0 Å². The van der Waals surface area contributed by atoms with Crippen LogP contribution in [-0.4, -0.2) is 12.1 Å². The van der Waals surface area contributed by atoms with Crippen molar-refractivity contribution in [3.8, 4) is 0 Å². The zero-order chi connectivity index (χ0) is 30.7. The minimum Gasteiger partial charge on any atom is -0.334 e. The lowest BCUT2D eigenvalue weighted by atomic mass is 9.94. The van der Waals surface area contributed by atoms with Gasteiger partial charge in [-0.05, 0) is 71.1 Å². The number of hydrogen-bond acceptors (Lipinski definition) is 2. The van der Waals surface area contributed by atoms with Crippen LogP contribution in [0.5, 0.6) is 0 Å². The van der Waals surface area contributed by atoms with Crippen LogP contribution in [0.1, 0.15) is 18.4 Å². The Labute approximate surface area is 271 Å². The molecule has 0 radical (unpaired) electrons. The van der Waals surface area contributed by atoms with E-state index in [4.69, 9.17) is 0 Å². The molecule has 46 heavy (non-hydrogen) atoms. The number of para-hydroxylation sites is 1. The molecule has 6 aromatic carbocycles. The Hall–Kier alpha value is -5.60. The standard InChI is InChI=1S/C44H36N2/c1-3-17-37(18-4-1)45(43-23-11-15-35-13-7-9-21-41(35)43)39-29-25-33(26-30-39)34-27-31-40(32-28-34)46(38-19-5-2-6-20-38)44-24-12-16-36-14-8-10-22-42(36)44/h1-19,21-29,31-32,38-39H,20,30H2. The average Bonchev–Trinajstić information content (AvgIpc) is 3.14. The molecule has 0 spiro atoms. The van der Waals surface area contributed by atoms with Crippen molar-refractivity contribution in [3.63, 3.8) is 0 Å². The molecule has 2 nitrogen and oxygen atoms in total. The molecule has 0 aromatic heterocycles. The summed E-state index contributed by atoms with van der Waals surface area (Å²) in [5, 5.41) is 5.06. The molecule has 0 N–H and O–H groups in total. The number of allylic oxidation sites excluding steroid dienone is 4. The molecule has 0 amide bonds. The summed E-state index contributed by atoms with van der Waals surface area (Å²) in [4.78, 5) is 4.98. The van der Waals surface area contributed by atoms with Gasteiger partial charge in [-0.3, -0.25) is 0 Å². The topological polar surface area (TPSA) is 6.48 Å². The zero-order valence-electron chi connectivity index (χ0n) is 25.8. The molecule has 0 bridgehead atoms. The Balaban J connectivity index is 1.10. The maximum Gasteiger partial charge on any atom is 0.0560 e. The maximum atomic E-state index is 2.50. The summed E-state index contributed by atoms with van der Waals surface area (Å²) in [5.41, 5.74) is 7.40. The van der Waals surface area contributed by atoms with Gasteiger partial charge in [0.1, 0.15) is 0 Å². The fourth-order valence-electron chi connectivity index (χ4n) is 7.03. The maximum absolute atomic E-state index is 2.50. The molecule has 2 aliphatic rings. The van der Waals surface area contributed by atoms with Crippen molar-refractivity contribution >= 4 is 49.9 Å². The first-order valence-electron chi connectivity index (χ1n) is 16.2. The summed E-state index contributed by atoms with van der Waals surface area (Å²) in [7, 11) is 0. The molecule has 222 valence electrons. The van der Waals surface area contributed by atoms with Crippen molar-refractivity contribution in [2.24, 2.45) is 0 Å². The first-order chi connectivity index (χ1) is 22.8. The van der Waals surface area contributed by atoms with E-state index in [2.05, 4.69) is 192 Å². The monoisotopic (exact) mass is 592 g/mol. The van der Waals surface area contributed by atoms with Crippen LogP contribution < -0.4 is 9.80 Å². The minimum absolute atomic E-state index is 0.212. The van der Waals surface area contributed by atoms with Crippen LogP contribution in [0.3, 0.4) is 0 Å². The van der Waals surface area contributed by atoms with E-state index in [0.29, 0.717) is 0 Å². The predicted molar refractivity (Wildman–Crippen MR) is 197 cm³/mol. The molecule has 0 saturated carbocycles. The molecule has 2 unspecified atom stereocenters. The Kier molecular flexibility index (Phi) is 7.54. The number of benzene rings is 6. The molecule has 6 aromatic rings. The van der Waals surface area contributed by atoms with Crippen molar-refractivity contribution in [2.75, 3.05) is 9.80 Å². The van der Waals surface area contributed by atoms with E-state index in [1.54, 1.807) is 0 Å². The van der Waals surface area contributed by atoms with Gasteiger partial charge in [0.2, 0.25) is 0 Å².